The van der Waals surface area contributed by atoms with E-state index in [-0.39, 0.29) is 12.2 Å². The summed E-state index contributed by atoms with van der Waals surface area (Å²) in [6.45, 7) is 1.89. The molecule has 1 aromatic carbocycles. The van der Waals surface area contributed by atoms with Gasteiger partial charge in [0.1, 0.15) is 6.07 Å². The Morgan fingerprint density at radius 3 is 2.60 bits per heavy atom. The smallest absolute Gasteiger partial charge is 0.350 e. The minimum Gasteiger partial charge on any atom is -0.493 e. The lowest BCUT2D eigenvalue weighted by Crippen LogP contribution is -2.07. The number of carbonyl (C=O) groups is 1. The number of rotatable bonds is 6. The van der Waals surface area contributed by atoms with E-state index in [1.807, 2.05) is 0 Å². The predicted octanol–water partition coefficient (Wildman–Crippen LogP) is 2.09. The van der Waals surface area contributed by atoms with Crippen LogP contribution in [0.2, 0.25) is 0 Å². The van der Waals surface area contributed by atoms with Crippen molar-refractivity contribution in [3.8, 4) is 17.6 Å². The molecular weight excluding hydrogens is 260 g/mol. The third-order valence-corrected chi connectivity index (χ3v) is 2.38. The topological polar surface area (TPSA) is 80.6 Å². The van der Waals surface area contributed by atoms with E-state index < -0.39 is 5.97 Å². The Labute approximate surface area is 117 Å². The van der Waals surface area contributed by atoms with Crippen LogP contribution in [-0.2, 0) is 9.53 Å². The molecule has 1 aromatic rings. The molecule has 0 aromatic heterocycles. The number of benzene rings is 1. The fraction of sp³-hybridized carbons (Fsp3) is 0.286. The van der Waals surface area contributed by atoms with E-state index in [1.165, 1.54) is 13.3 Å². The van der Waals surface area contributed by atoms with Crippen molar-refractivity contribution in [2.45, 2.75) is 6.92 Å². The summed E-state index contributed by atoms with van der Waals surface area (Å²) in [5.41, 5.74) is 0.543. The van der Waals surface area contributed by atoms with Gasteiger partial charge in [0.05, 0.1) is 20.8 Å². The Bertz CT molecular complexity index is 547. The summed E-state index contributed by atoms with van der Waals surface area (Å²) in [5.74, 6) is 0.469. The molecule has 20 heavy (non-hydrogen) atoms. The highest BCUT2D eigenvalue weighted by atomic mass is 16.5. The van der Waals surface area contributed by atoms with Crippen LogP contribution in [0.15, 0.2) is 30.0 Å². The first-order valence-corrected chi connectivity index (χ1v) is 5.92. The molecule has 0 bridgehead atoms. The molecule has 0 spiro atoms. The monoisotopic (exact) mass is 276 g/mol. The average Bonchev–Trinajstić information content (AvgIpc) is 2.47. The lowest BCUT2D eigenvalue weighted by Gasteiger charge is -2.09. The summed E-state index contributed by atoms with van der Waals surface area (Å²) in [5, 5.41) is 11.7. The van der Waals surface area contributed by atoms with Crippen LogP contribution in [0.1, 0.15) is 6.92 Å². The first kappa shape index (κ1) is 15.4. The van der Waals surface area contributed by atoms with Gasteiger partial charge in [0, 0.05) is 18.0 Å². The molecule has 0 atom stereocenters. The molecule has 0 amide bonds. The number of nitrogens with zero attached hydrogens (tertiary/aromatic N) is 1. The second-order valence-electron chi connectivity index (χ2n) is 3.60. The van der Waals surface area contributed by atoms with E-state index in [9.17, 15) is 4.79 Å². The summed E-state index contributed by atoms with van der Waals surface area (Å²) in [7, 11) is 3.07. The van der Waals surface area contributed by atoms with Crippen LogP contribution in [0.5, 0.6) is 11.5 Å². The van der Waals surface area contributed by atoms with Crippen molar-refractivity contribution in [2.75, 3.05) is 26.1 Å². The summed E-state index contributed by atoms with van der Waals surface area (Å²) < 4.78 is 15.0. The van der Waals surface area contributed by atoms with Crippen LogP contribution in [0, 0.1) is 11.3 Å². The van der Waals surface area contributed by atoms with Crippen molar-refractivity contribution in [3.05, 3.63) is 30.0 Å². The summed E-state index contributed by atoms with van der Waals surface area (Å²) in [4.78, 5) is 11.4. The summed E-state index contributed by atoms with van der Waals surface area (Å²) in [6.07, 6.45) is 1.29. The highest BCUT2D eigenvalue weighted by Crippen LogP contribution is 2.29. The number of hydrogen-bond acceptors (Lipinski definition) is 6. The number of esters is 1. The molecule has 0 aliphatic rings. The second-order valence-corrected chi connectivity index (χ2v) is 3.60. The van der Waals surface area contributed by atoms with Gasteiger partial charge in [0.25, 0.3) is 0 Å². The number of anilines is 1. The zero-order chi connectivity index (χ0) is 15.0. The van der Waals surface area contributed by atoms with E-state index in [2.05, 4.69) is 5.32 Å². The van der Waals surface area contributed by atoms with Gasteiger partial charge in [-0.15, -0.1) is 0 Å². The molecule has 1 rings (SSSR count). The molecule has 6 heteroatoms. The van der Waals surface area contributed by atoms with Crippen molar-refractivity contribution < 1.29 is 19.0 Å². The van der Waals surface area contributed by atoms with Gasteiger partial charge in [-0.05, 0) is 19.1 Å². The third kappa shape index (κ3) is 3.92. The van der Waals surface area contributed by atoms with E-state index in [0.717, 1.165) is 0 Å². The van der Waals surface area contributed by atoms with Crippen molar-refractivity contribution >= 4 is 11.7 Å². The molecule has 1 N–H and O–H groups in total. The molecule has 0 radical (unpaired) electrons. The zero-order valence-electron chi connectivity index (χ0n) is 11.6. The number of methoxy groups -OCH3 is 2. The van der Waals surface area contributed by atoms with E-state index in [0.29, 0.717) is 17.2 Å². The number of hydrogen-bond donors (Lipinski definition) is 1. The lowest BCUT2D eigenvalue weighted by molar-refractivity contribution is -0.138. The molecule has 6 nitrogen and oxygen atoms in total. The SMILES string of the molecule is CCOC(=O)/C(C#N)=C\Nc1ccc(OC)c(OC)c1. The van der Waals surface area contributed by atoms with E-state index in [4.69, 9.17) is 19.5 Å². The maximum atomic E-state index is 11.4. The molecule has 0 saturated heterocycles. The standard InChI is InChI=1S/C14H16N2O4/c1-4-20-14(17)10(8-15)9-16-11-5-6-12(18-2)13(7-11)19-3/h5-7,9,16H,4H2,1-3H3/b10-9-. The fourth-order valence-corrected chi connectivity index (χ4v) is 1.43. The van der Waals surface area contributed by atoms with Crippen LogP contribution < -0.4 is 14.8 Å². The maximum Gasteiger partial charge on any atom is 0.350 e. The number of nitriles is 1. The molecule has 0 heterocycles. The normalized spacial score (nSPS) is 10.4. The van der Waals surface area contributed by atoms with Crippen LogP contribution in [0.4, 0.5) is 5.69 Å². The number of ether oxygens (including phenoxy) is 3. The highest BCUT2D eigenvalue weighted by molar-refractivity contribution is 5.93. The summed E-state index contributed by atoms with van der Waals surface area (Å²) >= 11 is 0. The zero-order valence-corrected chi connectivity index (χ0v) is 11.6. The van der Waals surface area contributed by atoms with Crippen molar-refractivity contribution in [1.29, 1.82) is 5.26 Å². The van der Waals surface area contributed by atoms with Gasteiger partial charge >= 0.3 is 5.97 Å². The maximum absolute atomic E-state index is 11.4. The molecule has 0 saturated carbocycles. The first-order chi connectivity index (χ1) is 9.65. The van der Waals surface area contributed by atoms with Gasteiger partial charge in [-0.3, -0.25) is 0 Å². The molecule has 0 aliphatic carbocycles. The van der Waals surface area contributed by atoms with Gasteiger partial charge in [-0.2, -0.15) is 5.26 Å². The van der Waals surface area contributed by atoms with E-state index >= 15 is 0 Å². The Morgan fingerprint density at radius 2 is 2.05 bits per heavy atom. The number of nitrogens with one attached hydrogen (secondary N) is 1. The van der Waals surface area contributed by atoms with E-state index in [1.54, 1.807) is 38.3 Å². The van der Waals surface area contributed by atoms with Crippen molar-refractivity contribution in [1.82, 2.24) is 0 Å². The number of carbonyl (C=O) groups excluding carboxylic acids is 1. The van der Waals surface area contributed by atoms with Gasteiger partial charge < -0.3 is 19.5 Å². The lowest BCUT2D eigenvalue weighted by atomic mass is 10.2. The van der Waals surface area contributed by atoms with Gasteiger partial charge in [0.15, 0.2) is 17.1 Å². The Balaban J connectivity index is 2.88. The minimum atomic E-state index is -0.664. The second kappa shape index (κ2) is 7.69. The van der Waals surface area contributed by atoms with Gasteiger partial charge in [0.2, 0.25) is 0 Å². The van der Waals surface area contributed by atoms with Gasteiger partial charge in [-0.1, -0.05) is 0 Å². The Hall–Kier alpha value is -2.68. The first-order valence-electron chi connectivity index (χ1n) is 5.92. The molecular formula is C14H16N2O4. The third-order valence-electron chi connectivity index (χ3n) is 2.38. The molecule has 0 fully saturated rings. The van der Waals surface area contributed by atoms with Crippen LogP contribution in [0.25, 0.3) is 0 Å². The fourth-order valence-electron chi connectivity index (χ4n) is 1.43. The quantitative estimate of drug-likeness (QED) is 0.487. The summed E-state index contributed by atoms with van der Waals surface area (Å²) in [6, 6.07) is 6.91. The Kier molecular flexibility index (Phi) is 5.91. The van der Waals surface area contributed by atoms with Crippen molar-refractivity contribution in [3.63, 3.8) is 0 Å². The van der Waals surface area contributed by atoms with Crippen LogP contribution in [-0.4, -0.2) is 26.8 Å². The predicted molar refractivity (Wildman–Crippen MR) is 73.5 cm³/mol. The molecule has 106 valence electrons. The van der Waals surface area contributed by atoms with Crippen LogP contribution in [0.3, 0.4) is 0 Å². The molecule has 0 unspecified atom stereocenters. The molecule has 0 aliphatic heterocycles. The van der Waals surface area contributed by atoms with Crippen LogP contribution >= 0.6 is 0 Å². The highest BCUT2D eigenvalue weighted by Gasteiger charge is 2.09. The van der Waals surface area contributed by atoms with Crippen molar-refractivity contribution in [2.24, 2.45) is 0 Å². The largest absolute Gasteiger partial charge is 0.493 e. The minimum absolute atomic E-state index is 0.110. The van der Waals surface area contributed by atoms with Gasteiger partial charge in [-0.25, -0.2) is 4.79 Å². The Morgan fingerprint density at radius 1 is 1.35 bits per heavy atom. The average molecular weight is 276 g/mol.